The summed E-state index contributed by atoms with van der Waals surface area (Å²) in [6, 6.07) is 2.20. The Morgan fingerprint density at radius 1 is 1.58 bits per heavy atom. The van der Waals surface area contributed by atoms with Gasteiger partial charge in [-0.2, -0.15) is 0 Å². The van der Waals surface area contributed by atoms with Crippen LogP contribution in [0.4, 0.5) is 0 Å². The lowest BCUT2D eigenvalue weighted by Crippen LogP contribution is -1.91. The smallest absolute Gasteiger partial charge is 0.109 e. The average molecular weight is 215 g/mol. The molecule has 0 amide bonds. The normalized spacial score (nSPS) is 16.6. The predicted molar refractivity (Wildman–Crippen MR) is 60.0 cm³/mol. The average Bonchev–Trinajstić information content (AvgIpc) is 2.46. The van der Waals surface area contributed by atoms with Crippen molar-refractivity contribution in [2.45, 2.75) is 4.90 Å². The molecule has 1 aliphatic heterocycles. The SMILES string of the molecule is CSC1=NCCSc2ccsc21. The van der Waals surface area contributed by atoms with Gasteiger partial charge in [-0.25, -0.2) is 0 Å². The van der Waals surface area contributed by atoms with Crippen molar-refractivity contribution in [3.05, 3.63) is 16.3 Å². The molecule has 0 aromatic carbocycles. The van der Waals surface area contributed by atoms with E-state index in [1.165, 1.54) is 14.8 Å². The first-order valence-corrected chi connectivity index (χ1v) is 6.80. The molecular weight excluding hydrogens is 206 g/mol. The van der Waals surface area contributed by atoms with Crippen LogP contribution in [0.2, 0.25) is 0 Å². The van der Waals surface area contributed by atoms with Crippen LogP contribution in [0.25, 0.3) is 0 Å². The van der Waals surface area contributed by atoms with Crippen LogP contribution in [0.1, 0.15) is 4.88 Å². The predicted octanol–water partition coefficient (Wildman–Crippen LogP) is 2.96. The number of rotatable bonds is 0. The molecule has 0 saturated heterocycles. The van der Waals surface area contributed by atoms with Crippen molar-refractivity contribution in [3.63, 3.8) is 0 Å². The summed E-state index contributed by atoms with van der Waals surface area (Å²) in [4.78, 5) is 7.30. The standard InChI is InChI=1S/C8H9NS3/c1-10-8-7-6(2-4-12-7)11-5-3-9-8/h2,4H,3,5H2,1H3. The Hall–Kier alpha value is 0.0700. The molecule has 1 aromatic heterocycles. The van der Waals surface area contributed by atoms with Crippen LogP contribution in [-0.4, -0.2) is 23.6 Å². The highest BCUT2D eigenvalue weighted by atomic mass is 32.2. The van der Waals surface area contributed by atoms with E-state index in [-0.39, 0.29) is 0 Å². The number of fused-ring (bicyclic) bond motifs is 1. The third kappa shape index (κ3) is 1.56. The maximum atomic E-state index is 4.52. The van der Waals surface area contributed by atoms with Crippen LogP contribution in [-0.2, 0) is 0 Å². The number of hydrogen-bond acceptors (Lipinski definition) is 4. The lowest BCUT2D eigenvalue weighted by Gasteiger charge is -1.98. The van der Waals surface area contributed by atoms with Gasteiger partial charge in [0.25, 0.3) is 0 Å². The molecule has 0 atom stereocenters. The van der Waals surface area contributed by atoms with Gasteiger partial charge in [-0.15, -0.1) is 34.9 Å². The zero-order valence-electron chi connectivity index (χ0n) is 6.74. The minimum absolute atomic E-state index is 0.961. The summed E-state index contributed by atoms with van der Waals surface area (Å²) in [5.74, 6) is 1.12. The molecule has 0 spiro atoms. The highest BCUT2D eigenvalue weighted by molar-refractivity contribution is 8.14. The second-order valence-corrected chi connectivity index (χ2v) is 5.20. The number of aliphatic imine (C=N–C) groups is 1. The van der Waals surface area contributed by atoms with Crippen LogP contribution in [0.5, 0.6) is 0 Å². The van der Waals surface area contributed by atoms with E-state index in [2.05, 4.69) is 22.7 Å². The monoisotopic (exact) mass is 215 g/mol. The lowest BCUT2D eigenvalue weighted by molar-refractivity contribution is 1.16. The van der Waals surface area contributed by atoms with E-state index in [1.807, 2.05) is 11.8 Å². The van der Waals surface area contributed by atoms with Crippen molar-refractivity contribution in [1.29, 1.82) is 0 Å². The van der Waals surface area contributed by atoms with Gasteiger partial charge in [-0.05, 0) is 17.7 Å². The van der Waals surface area contributed by atoms with Gasteiger partial charge in [0, 0.05) is 17.2 Å². The summed E-state index contributed by atoms with van der Waals surface area (Å²) in [6.45, 7) is 0.961. The fourth-order valence-electron chi connectivity index (χ4n) is 1.10. The second-order valence-electron chi connectivity index (χ2n) is 2.35. The largest absolute Gasteiger partial charge is 0.276 e. The van der Waals surface area contributed by atoms with Crippen molar-refractivity contribution in [1.82, 2.24) is 0 Å². The molecule has 1 aliphatic rings. The summed E-state index contributed by atoms with van der Waals surface area (Å²) in [7, 11) is 0. The molecule has 0 N–H and O–H groups in total. The molecule has 0 bridgehead atoms. The van der Waals surface area contributed by atoms with E-state index in [0.717, 1.165) is 12.3 Å². The molecule has 1 nitrogen and oxygen atoms in total. The van der Waals surface area contributed by atoms with E-state index in [0.29, 0.717) is 0 Å². The van der Waals surface area contributed by atoms with Crippen molar-refractivity contribution in [2.75, 3.05) is 18.6 Å². The molecule has 2 rings (SSSR count). The third-order valence-corrected chi connectivity index (χ3v) is 4.56. The molecule has 0 fully saturated rings. The fourth-order valence-corrected chi connectivity index (χ4v) is 3.97. The quantitative estimate of drug-likeness (QED) is 0.659. The van der Waals surface area contributed by atoms with Crippen LogP contribution in [0.3, 0.4) is 0 Å². The second kappa shape index (κ2) is 3.85. The zero-order valence-corrected chi connectivity index (χ0v) is 9.19. The maximum absolute atomic E-state index is 4.52. The van der Waals surface area contributed by atoms with Crippen LogP contribution in [0.15, 0.2) is 21.3 Å². The third-order valence-electron chi connectivity index (χ3n) is 1.62. The van der Waals surface area contributed by atoms with Crippen molar-refractivity contribution in [3.8, 4) is 0 Å². The maximum Gasteiger partial charge on any atom is 0.109 e. The highest BCUT2D eigenvalue weighted by Gasteiger charge is 2.13. The van der Waals surface area contributed by atoms with Crippen LogP contribution >= 0.6 is 34.9 Å². The summed E-state index contributed by atoms with van der Waals surface area (Å²) >= 11 is 5.47. The number of nitrogens with zero attached hydrogens (tertiary/aromatic N) is 1. The zero-order chi connectivity index (χ0) is 8.39. The highest BCUT2D eigenvalue weighted by Crippen LogP contribution is 2.32. The summed E-state index contributed by atoms with van der Waals surface area (Å²) in [6.07, 6.45) is 2.10. The Labute approximate surface area is 84.7 Å². The first-order chi connectivity index (χ1) is 5.92. The van der Waals surface area contributed by atoms with Gasteiger partial charge >= 0.3 is 0 Å². The fraction of sp³-hybridized carbons (Fsp3) is 0.375. The molecule has 12 heavy (non-hydrogen) atoms. The first kappa shape index (κ1) is 8.66. The van der Waals surface area contributed by atoms with Gasteiger partial charge in [0.15, 0.2) is 0 Å². The van der Waals surface area contributed by atoms with E-state index in [4.69, 9.17) is 0 Å². The molecule has 2 heterocycles. The Kier molecular flexibility index (Phi) is 2.78. The first-order valence-electron chi connectivity index (χ1n) is 3.71. The molecule has 0 unspecified atom stereocenters. The molecule has 4 heteroatoms. The summed E-state index contributed by atoms with van der Waals surface area (Å²) < 4.78 is 0. The lowest BCUT2D eigenvalue weighted by atomic mass is 10.5. The molecule has 1 aromatic rings. The van der Waals surface area contributed by atoms with E-state index >= 15 is 0 Å². The molecule has 64 valence electrons. The summed E-state index contributed by atoms with van der Waals surface area (Å²) in [5.41, 5.74) is 0. The Bertz CT molecular complexity index is 303. The molecular formula is C8H9NS3. The van der Waals surface area contributed by atoms with Gasteiger partial charge in [0.05, 0.1) is 4.88 Å². The Morgan fingerprint density at radius 3 is 3.33 bits per heavy atom. The van der Waals surface area contributed by atoms with Crippen molar-refractivity contribution < 1.29 is 0 Å². The van der Waals surface area contributed by atoms with Crippen LogP contribution < -0.4 is 0 Å². The topological polar surface area (TPSA) is 12.4 Å². The number of hydrogen-bond donors (Lipinski definition) is 0. The molecule has 0 aliphatic carbocycles. The van der Waals surface area contributed by atoms with Gasteiger partial charge in [-0.3, -0.25) is 4.99 Å². The Balaban J connectivity index is 2.42. The van der Waals surface area contributed by atoms with Crippen molar-refractivity contribution in [2.24, 2.45) is 4.99 Å². The molecule has 0 saturated carbocycles. The van der Waals surface area contributed by atoms with Crippen LogP contribution in [0, 0.1) is 0 Å². The Morgan fingerprint density at radius 2 is 2.50 bits per heavy atom. The minimum Gasteiger partial charge on any atom is -0.276 e. The van der Waals surface area contributed by atoms with E-state index < -0.39 is 0 Å². The van der Waals surface area contributed by atoms with E-state index in [1.54, 1.807) is 23.1 Å². The number of thiophene rings is 1. The van der Waals surface area contributed by atoms with Gasteiger partial charge in [0.1, 0.15) is 5.04 Å². The molecule has 0 radical (unpaired) electrons. The van der Waals surface area contributed by atoms with Gasteiger partial charge in [0.2, 0.25) is 0 Å². The van der Waals surface area contributed by atoms with Gasteiger partial charge < -0.3 is 0 Å². The number of thioether (sulfide) groups is 2. The summed E-state index contributed by atoms with van der Waals surface area (Å²) in [5, 5.41) is 3.36. The van der Waals surface area contributed by atoms with Crippen molar-refractivity contribution >= 4 is 39.9 Å². The minimum atomic E-state index is 0.961. The van der Waals surface area contributed by atoms with Gasteiger partial charge in [-0.1, -0.05) is 0 Å². The van der Waals surface area contributed by atoms with E-state index in [9.17, 15) is 0 Å².